The Bertz CT molecular complexity index is 922. The van der Waals surface area contributed by atoms with Crippen LogP contribution >= 0.6 is 34.2 Å². The number of carbonyl (C=O) groups is 2. The minimum absolute atomic E-state index is 0.0898. The first kappa shape index (κ1) is 19.9. The molecule has 140 valence electrons. The minimum atomic E-state index is -0.506. The second-order valence-corrected chi connectivity index (χ2v) is 8.11. The van der Waals surface area contributed by atoms with E-state index in [2.05, 4.69) is 34.8 Å². The fraction of sp³-hybridized carbons (Fsp3) is 0.238. The molecule has 0 aromatic heterocycles. The van der Waals surface area contributed by atoms with Crippen molar-refractivity contribution in [2.75, 3.05) is 10.2 Å². The summed E-state index contributed by atoms with van der Waals surface area (Å²) in [5.41, 5.74) is 3.55. The van der Waals surface area contributed by atoms with Crippen LogP contribution in [0.5, 0.6) is 0 Å². The number of hydrogen-bond acceptors (Lipinski definition) is 3. The van der Waals surface area contributed by atoms with Gasteiger partial charge in [-0.1, -0.05) is 37.1 Å². The van der Waals surface area contributed by atoms with E-state index in [-0.39, 0.29) is 10.7 Å². The Morgan fingerprint density at radius 1 is 1.07 bits per heavy atom. The molecule has 1 N–H and O–H groups in total. The summed E-state index contributed by atoms with van der Waals surface area (Å²) in [6.07, 6.45) is 3.21. The van der Waals surface area contributed by atoms with Gasteiger partial charge in [-0.3, -0.25) is 9.59 Å². The molecule has 0 saturated carbocycles. The Morgan fingerprint density at radius 3 is 2.41 bits per heavy atom. The molecule has 1 aliphatic rings. The normalized spacial score (nSPS) is 14.3. The molecule has 0 saturated heterocycles. The van der Waals surface area contributed by atoms with E-state index in [9.17, 15) is 9.59 Å². The molecule has 2 aromatic carbocycles. The number of aryl methyl sites for hydroxylation is 2. The average molecular weight is 495 g/mol. The van der Waals surface area contributed by atoms with Crippen molar-refractivity contribution >= 4 is 57.4 Å². The summed E-state index contributed by atoms with van der Waals surface area (Å²) < 4.78 is 1.09. The number of anilines is 2. The van der Waals surface area contributed by atoms with Crippen molar-refractivity contribution in [3.63, 3.8) is 0 Å². The molecule has 4 nitrogen and oxygen atoms in total. The van der Waals surface area contributed by atoms with E-state index in [1.54, 1.807) is 12.1 Å². The third-order valence-corrected chi connectivity index (χ3v) is 5.51. The van der Waals surface area contributed by atoms with Gasteiger partial charge in [0, 0.05) is 9.26 Å². The monoisotopic (exact) mass is 494 g/mol. The van der Waals surface area contributed by atoms with Crippen LogP contribution < -0.4 is 10.2 Å². The maximum Gasteiger partial charge on any atom is 0.283 e. The van der Waals surface area contributed by atoms with Gasteiger partial charge >= 0.3 is 0 Å². The molecular formula is C21H20ClIN2O2. The standard InChI is InChI=1S/C21H20ClIN2O2/c1-3-4-5-14-6-9-16(10-7-14)25-20(26)18(22)19(21(25)27)24-17-11-8-15(23)12-13(17)2/h6-12,24H,3-5H2,1-2H3. The Hall–Kier alpha value is -1.86. The van der Waals surface area contributed by atoms with Crippen molar-refractivity contribution < 1.29 is 9.59 Å². The van der Waals surface area contributed by atoms with Gasteiger partial charge < -0.3 is 5.32 Å². The fourth-order valence-corrected chi connectivity index (χ4v) is 3.80. The minimum Gasteiger partial charge on any atom is -0.349 e. The number of unbranched alkanes of at least 4 members (excludes halogenated alkanes) is 1. The largest absolute Gasteiger partial charge is 0.349 e. The van der Waals surface area contributed by atoms with E-state index in [1.807, 2.05) is 37.3 Å². The number of nitrogens with one attached hydrogen (secondary N) is 1. The van der Waals surface area contributed by atoms with Crippen LogP contribution in [0.25, 0.3) is 0 Å². The van der Waals surface area contributed by atoms with E-state index >= 15 is 0 Å². The Balaban J connectivity index is 1.83. The van der Waals surface area contributed by atoms with Gasteiger partial charge in [0.05, 0.1) is 5.69 Å². The molecule has 0 radical (unpaired) electrons. The topological polar surface area (TPSA) is 49.4 Å². The maximum atomic E-state index is 12.9. The first-order valence-electron chi connectivity index (χ1n) is 8.83. The number of benzene rings is 2. The van der Waals surface area contributed by atoms with Gasteiger partial charge in [0.1, 0.15) is 10.7 Å². The molecule has 0 atom stereocenters. The second kappa shape index (κ2) is 8.44. The van der Waals surface area contributed by atoms with Gasteiger partial charge in [-0.15, -0.1) is 0 Å². The van der Waals surface area contributed by atoms with E-state index in [0.717, 1.165) is 39.0 Å². The number of amides is 2. The molecule has 0 unspecified atom stereocenters. The number of carbonyl (C=O) groups excluding carboxylic acids is 2. The van der Waals surface area contributed by atoms with Crippen molar-refractivity contribution in [3.05, 3.63) is 67.9 Å². The quantitative estimate of drug-likeness (QED) is 0.433. The molecule has 1 aliphatic heterocycles. The summed E-state index contributed by atoms with van der Waals surface area (Å²) in [5.74, 6) is -0.946. The Morgan fingerprint density at radius 2 is 1.78 bits per heavy atom. The van der Waals surface area contributed by atoms with Crippen LogP contribution in [0.4, 0.5) is 11.4 Å². The molecule has 2 amide bonds. The lowest BCUT2D eigenvalue weighted by Gasteiger charge is -2.16. The van der Waals surface area contributed by atoms with Crippen LogP contribution in [0.15, 0.2) is 53.2 Å². The van der Waals surface area contributed by atoms with E-state index in [4.69, 9.17) is 11.6 Å². The molecule has 2 aromatic rings. The summed E-state index contributed by atoms with van der Waals surface area (Å²) in [6, 6.07) is 13.3. The van der Waals surface area contributed by atoms with Crippen LogP contribution in [-0.2, 0) is 16.0 Å². The highest BCUT2D eigenvalue weighted by Crippen LogP contribution is 2.31. The van der Waals surface area contributed by atoms with Crippen molar-refractivity contribution in [2.24, 2.45) is 0 Å². The molecule has 0 bridgehead atoms. The predicted molar refractivity (Wildman–Crippen MR) is 118 cm³/mol. The summed E-state index contributed by atoms with van der Waals surface area (Å²) in [6.45, 7) is 4.08. The summed E-state index contributed by atoms with van der Waals surface area (Å²) >= 11 is 8.43. The van der Waals surface area contributed by atoms with Gasteiger partial charge in [0.15, 0.2) is 0 Å². The predicted octanol–water partition coefficient (Wildman–Crippen LogP) is 5.38. The number of halogens is 2. The van der Waals surface area contributed by atoms with Gasteiger partial charge in [-0.25, -0.2) is 4.90 Å². The lowest BCUT2D eigenvalue weighted by Crippen LogP contribution is -2.32. The van der Waals surface area contributed by atoms with Crippen molar-refractivity contribution in [1.29, 1.82) is 0 Å². The van der Waals surface area contributed by atoms with E-state index in [1.165, 1.54) is 5.56 Å². The SMILES string of the molecule is CCCCc1ccc(N2C(=O)C(Cl)=C(Nc3ccc(I)cc3C)C2=O)cc1. The zero-order chi connectivity index (χ0) is 19.6. The van der Waals surface area contributed by atoms with Crippen LogP contribution in [-0.4, -0.2) is 11.8 Å². The average Bonchev–Trinajstić information content (AvgIpc) is 2.86. The van der Waals surface area contributed by atoms with Crippen molar-refractivity contribution in [2.45, 2.75) is 33.1 Å². The zero-order valence-corrected chi connectivity index (χ0v) is 18.1. The number of nitrogens with zero attached hydrogens (tertiary/aromatic N) is 1. The van der Waals surface area contributed by atoms with Crippen molar-refractivity contribution in [3.8, 4) is 0 Å². The molecule has 0 fully saturated rings. The highest BCUT2D eigenvalue weighted by Gasteiger charge is 2.39. The van der Waals surface area contributed by atoms with Gasteiger partial charge in [-0.05, 0) is 83.8 Å². The highest BCUT2D eigenvalue weighted by atomic mass is 127. The van der Waals surface area contributed by atoms with Gasteiger partial charge in [-0.2, -0.15) is 0 Å². The molecule has 0 spiro atoms. The van der Waals surface area contributed by atoms with Gasteiger partial charge in [0.25, 0.3) is 11.8 Å². The van der Waals surface area contributed by atoms with Crippen LogP contribution in [0.2, 0.25) is 0 Å². The molecule has 6 heteroatoms. The molecular weight excluding hydrogens is 475 g/mol. The third-order valence-electron chi connectivity index (χ3n) is 4.49. The Labute approximate surface area is 177 Å². The van der Waals surface area contributed by atoms with Crippen LogP contribution in [0, 0.1) is 10.5 Å². The molecule has 1 heterocycles. The third kappa shape index (κ3) is 4.19. The molecule has 3 rings (SSSR count). The fourth-order valence-electron chi connectivity index (χ4n) is 2.94. The number of rotatable bonds is 6. The summed E-state index contributed by atoms with van der Waals surface area (Å²) in [4.78, 5) is 26.6. The Kier molecular flexibility index (Phi) is 6.22. The van der Waals surface area contributed by atoms with Crippen molar-refractivity contribution in [1.82, 2.24) is 0 Å². The molecule has 0 aliphatic carbocycles. The van der Waals surface area contributed by atoms with E-state index in [0.29, 0.717) is 5.69 Å². The zero-order valence-electron chi connectivity index (χ0n) is 15.2. The van der Waals surface area contributed by atoms with Crippen LogP contribution in [0.3, 0.4) is 0 Å². The number of imide groups is 1. The maximum absolute atomic E-state index is 12.9. The summed E-state index contributed by atoms with van der Waals surface area (Å²) in [5, 5.41) is 2.95. The van der Waals surface area contributed by atoms with Gasteiger partial charge in [0.2, 0.25) is 0 Å². The number of hydrogen-bond donors (Lipinski definition) is 1. The van der Waals surface area contributed by atoms with Crippen LogP contribution in [0.1, 0.15) is 30.9 Å². The second-order valence-electron chi connectivity index (χ2n) is 6.49. The lowest BCUT2D eigenvalue weighted by atomic mass is 10.1. The lowest BCUT2D eigenvalue weighted by molar-refractivity contribution is -0.120. The first-order valence-corrected chi connectivity index (χ1v) is 10.3. The highest BCUT2D eigenvalue weighted by molar-refractivity contribution is 14.1. The first-order chi connectivity index (χ1) is 12.9. The van der Waals surface area contributed by atoms with E-state index < -0.39 is 11.8 Å². The summed E-state index contributed by atoms with van der Waals surface area (Å²) in [7, 11) is 0. The smallest absolute Gasteiger partial charge is 0.283 e. The molecule has 27 heavy (non-hydrogen) atoms.